The number of nitrogens with zero attached hydrogens (tertiary/aromatic N) is 3. The molecule has 2 aromatic heterocycles. The number of hydrogen-bond donors (Lipinski definition) is 1. The summed E-state index contributed by atoms with van der Waals surface area (Å²) in [4.78, 5) is 14.6. The fourth-order valence-corrected chi connectivity index (χ4v) is 7.70. The zero-order chi connectivity index (χ0) is 20.0. The molecule has 5 rings (SSSR count). The molecule has 1 aliphatic carbocycles. The van der Waals surface area contributed by atoms with E-state index in [2.05, 4.69) is 17.1 Å². The second-order valence-electron chi connectivity index (χ2n) is 8.65. The molecule has 2 unspecified atom stereocenters. The topological polar surface area (TPSA) is 84.4 Å². The highest BCUT2D eigenvalue weighted by molar-refractivity contribution is 7.91. The fraction of sp³-hybridized carbons (Fsp3) is 0.700. The number of sulfone groups is 1. The van der Waals surface area contributed by atoms with Crippen molar-refractivity contribution in [1.82, 2.24) is 14.9 Å². The first-order valence-corrected chi connectivity index (χ1v) is 13.2. The summed E-state index contributed by atoms with van der Waals surface area (Å²) in [5.74, 6) is 2.81. The Balaban J connectivity index is 1.51. The van der Waals surface area contributed by atoms with Crippen molar-refractivity contribution in [1.29, 1.82) is 0 Å². The summed E-state index contributed by atoms with van der Waals surface area (Å²) < 4.78 is 29.4. The third-order valence-electron chi connectivity index (χ3n) is 6.24. The number of aromatic nitrogens is 2. The summed E-state index contributed by atoms with van der Waals surface area (Å²) in [5.41, 5.74) is 1.38. The van der Waals surface area contributed by atoms with Crippen LogP contribution in [-0.2, 0) is 34.0 Å². The third kappa shape index (κ3) is 4.15. The molecule has 2 aliphatic heterocycles. The molecule has 9 heteroatoms. The van der Waals surface area contributed by atoms with Crippen LogP contribution in [-0.4, -0.2) is 67.1 Å². The Labute approximate surface area is 175 Å². The van der Waals surface area contributed by atoms with Gasteiger partial charge in [-0.05, 0) is 37.2 Å². The molecule has 4 heterocycles. The minimum Gasteiger partial charge on any atom is -0.379 e. The summed E-state index contributed by atoms with van der Waals surface area (Å²) >= 11 is 1.80. The van der Waals surface area contributed by atoms with Crippen LogP contribution in [0.2, 0.25) is 0 Å². The predicted molar refractivity (Wildman–Crippen MR) is 115 cm³/mol. The first kappa shape index (κ1) is 19.7. The normalized spacial score (nSPS) is 27.2. The Morgan fingerprint density at radius 1 is 1.24 bits per heavy atom. The van der Waals surface area contributed by atoms with Crippen LogP contribution in [0.4, 0.5) is 5.82 Å². The van der Waals surface area contributed by atoms with E-state index in [1.165, 1.54) is 16.9 Å². The lowest BCUT2D eigenvalue weighted by Crippen LogP contribution is -2.36. The molecule has 0 aromatic carbocycles. The van der Waals surface area contributed by atoms with E-state index in [1.807, 2.05) is 0 Å². The lowest BCUT2D eigenvalue weighted by atomic mass is 9.89. The second kappa shape index (κ2) is 7.76. The highest BCUT2D eigenvalue weighted by atomic mass is 32.2. The quantitative estimate of drug-likeness (QED) is 0.787. The van der Waals surface area contributed by atoms with Gasteiger partial charge in [0.15, 0.2) is 9.84 Å². The lowest BCUT2D eigenvalue weighted by Gasteiger charge is -2.26. The first-order valence-electron chi connectivity index (χ1n) is 10.5. The summed E-state index contributed by atoms with van der Waals surface area (Å²) in [6, 6.07) is -0.0626. The van der Waals surface area contributed by atoms with E-state index in [1.54, 1.807) is 11.3 Å². The van der Waals surface area contributed by atoms with Crippen molar-refractivity contribution in [2.75, 3.05) is 43.1 Å². The van der Waals surface area contributed by atoms with Crippen LogP contribution in [0.1, 0.15) is 36.0 Å². The summed E-state index contributed by atoms with van der Waals surface area (Å²) in [7, 11) is -2.94. The third-order valence-corrected chi connectivity index (χ3v) is 9.16. The second-order valence-corrected chi connectivity index (χ2v) is 12.0. The number of aryl methyl sites for hydroxylation is 1. The lowest BCUT2D eigenvalue weighted by molar-refractivity contribution is 0.0331. The molecule has 0 amide bonds. The standard InChI is InChI=1S/C20H28N4O3S2/c1-13-2-3-15-16(10-13)28-20-18(15)19(21-14-4-9-29(25,26)12-14)22-17(23-20)11-24-5-7-27-8-6-24/h13-14H,2-12H2,1H3,(H,21,22,23). The fourth-order valence-electron chi connectivity index (χ4n) is 4.62. The molecule has 158 valence electrons. The average molecular weight is 437 g/mol. The minimum atomic E-state index is -2.94. The van der Waals surface area contributed by atoms with Crippen LogP contribution in [0.5, 0.6) is 0 Å². The van der Waals surface area contributed by atoms with Gasteiger partial charge in [-0.2, -0.15) is 0 Å². The predicted octanol–water partition coefficient (Wildman–Crippen LogP) is 2.25. The molecule has 2 fully saturated rings. The zero-order valence-electron chi connectivity index (χ0n) is 16.8. The number of hydrogen-bond acceptors (Lipinski definition) is 8. The van der Waals surface area contributed by atoms with Crippen molar-refractivity contribution in [2.24, 2.45) is 5.92 Å². The Kier molecular flexibility index (Phi) is 5.26. The smallest absolute Gasteiger partial charge is 0.152 e. The van der Waals surface area contributed by atoms with Gasteiger partial charge in [0.1, 0.15) is 16.5 Å². The van der Waals surface area contributed by atoms with Crippen molar-refractivity contribution in [3.05, 3.63) is 16.3 Å². The van der Waals surface area contributed by atoms with Gasteiger partial charge in [-0.3, -0.25) is 4.90 Å². The van der Waals surface area contributed by atoms with Crippen LogP contribution in [0.15, 0.2) is 0 Å². The van der Waals surface area contributed by atoms with Gasteiger partial charge in [0.25, 0.3) is 0 Å². The molecule has 2 atom stereocenters. The van der Waals surface area contributed by atoms with Crippen LogP contribution in [0, 0.1) is 5.92 Å². The summed E-state index contributed by atoms with van der Waals surface area (Å²) in [6.07, 6.45) is 3.99. The van der Waals surface area contributed by atoms with Gasteiger partial charge in [-0.25, -0.2) is 18.4 Å². The van der Waals surface area contributed by atoms with Crippen molar-refractivity contribution < 1.29 is 13.2 Å². The Morgan fingerprint density at radius 3 is 2.83 bits per heavy atom. The Hall–Kier alpha value is -1.29. The Morgan fingerprint density at radius 2 is 2.07 bits per heavy atom. The van der Waals surface area contributed by atoms with E-state index in [-0.39, 0.29) is 17.5 Å². The maximum absolute atomic E-state index is 12.0. The van der Waals surface area contributed by atoms with Gasteiger partial charge < -0.3 is 10.1 Å². The number of ether oxygens (including phenoxy) is 1. The van der Waals surface area contributed by atoms with Gasteiger partial charge in [-0.15, -0.1) is 11.3 Å². The van der Waals surface area contributed by atoms with Crippen molar-refractivity contribution in [2.45, 2.75) is 45.2 Å². The molecule has 0 radical (unpaired) electrons. The largest absolute Gasteiger partial charge is 0.379 e. The SMILES string of the molecule is CC1CCc2c(sc3nc(CN4CCOCC4)nc(NC4CCS(=O)(=O)C4)c23)C1. The van der Waals surface area contributed by atoms with Crippen molar-refractivity contribution >= 4 is 37.2 Å². The molecule has 29 heavy (non-hydrogen) atoms. The highest BCUT2D eigenvalue weighted by Gasteiger charge is 2.30. The van der Waals surface area contributed by atoms with Gasteiger partial charge in [-0.1, -0.05) is 6.92 Å². The van der Waals surface area contributed by atoms with Crippen LogP contribution in [0.3, 0.4) is 0 Å². The number of rotatable bonds is 4. The van der Waals surface area contributed by atoms with Crippen LogP contribution in [0.25, 0.3) is 10.2 Å². The highest BCUT2D eigenvalue weighted by Crippen LogP contribution is 2.40. The first-order chi connectivity index (χ1) is 14.0. The molecule has 0 saturated carbocycles. The molecular formula is C20H28N4O3S2. The van der Waals surface area contributed by atoms with E-state index in [4.69, 9.17) is 14.7 Å². The van der Waals surface area contributed by atoms with Gasteiger partial charge >= 0.3 is 0 Å². The maximum atomic E-state index is 12.0. The number of anilines is 1. The van der Waals surface area contributed by atoms with Gasteiger partial charge in [0, 0.05) is 24.0 Å². The zero-order valence-corrected chi connectivity index (χ0v) is 18.4. The number of fused-ring (bicyclic) bond motifs is 3. The molecule has 0 bridgehead atoms. The molecule has 1 N–H and O–H groups in total. The van der Waals surface area contributed by atoms with Crippen LogP contribution < -0.4 is 5.32 Å². The van der Waals surface area contributed by atoms with Crippen molar-refractivity contribution in [3.8, 4) is 0 Å². The molecular weight excluding hydrogens is 408 g/mol. The van der Waals surface area contributed by atoms with Crippen LogP contribution >= 0.6 is 11.3 Å². The van der Waals surface area contributed by atoms with E-state index < -0.39 is 9.84 Å². The number of thiophene rings is 1. The monoisotopic (exact) mass is 436 g/mol. The minimum absolute atomic E-state index is 0.0626. The van der Waals surface area contributed by atoms with E-state index in [0.29, 0.717) is 18.9 Å². The van der Waals surface area contributed by atoms with Crippen molar-refractivity contribution in [3.63, 3.8) is 0 Å². The Bertz CT molecular complexity index is 1010. The molecule has 2 aromatic rings. The molecule has 0 spiro atoms. The van der Waals surface area contributed by atoms with E-state index in [0.717, 1.165) is 61.0 Å². The number of morpholine rings is 1. The molecule has 3 aliphatic rings. The number of nitrogens with one attached hydrogen (secondary N) is 1. The van der Waals surface area contributed by atoms with E-state index >= 15 is 0 Å². The summed E-state index contributed by atoms with van der Waals surface area (Å²) in [5, 5.41) is 4.63. The summed E-state index contributed by atoms with van der Waals surface area (Å²) in [6.45, 7) is 6.30. The van der Waals surface area contributed by atoms with Gasteiger partial charge in [0.2, 0.25) is 0 Å². The van der Waals surface area contributed by atoms with Gasteiger partial charge in [0.05, 0.1) is 36.7 Å². The average Bonchev–Trinajstić information content (AvgIpc) is 3.21. The molecule has 7 nitrogen and oxygen atoms in total. The molecule has 2 saturated heterocycles. The maximum Gasteiger partial charge on any atom is 0.152 e. The van der Waals surface area contributed by atoms with E-state index in [9.17, 15) is 8.42 Å².